The number of hydrogen-bond acceptors (Lipinski definition) is 2. The molecule has 2 rings (SSSR count). The second-order valence-electron chi connectivity index (χ2n) is 5.59. The first kappa shape index (κ1) is 16.5. The van der Waals surface area contributed by atoms with Gasteiger partial charge in [-0.1, -0.05) is 24.3 Å². The summed E-state index contributed by atoms with van der Waals surface area (Å²) >= 11 is 0. The Morgan fingerprint density at radius 2 is 1.86 bits per heavy atom. The van der Waals surface area contributed by atoms with Gasteiger partial charge in [0.05, 0.1) is 6.42 Å². The van der Waals surface area contributed by atoms with Crippen LogP contribution in [0.15, 0.2) is 36.4 Å². The number of hydrogen-bond donors (Lipinski definition) is 1. The minimum absolute atomic E-state index is 0.0749. The normalized spacial score (nSPS) is 22.1. The first-order valence-electron chi connectivity index (χ1n) is 7.48. The Kier molecular flexibility index (Phi) is 5.92. The molecule has 5 heteroatoms. The van der Waals surface area contributed by atoms with Gasteiger partial charge in [0.15, 0.2) is 0 Å². The number of carboxylic acid groups (broad SMARTS) is 1. The Balaban J connectivity index is 1.83. The molecule has 120 valence electrons. The highest BCUT2D eigenvalue weighted by Crippen LogP contribution is 2.36. The lowest BCUT2D eigenvalue weighted by molar-refractivity contribution is -0.136. The van der Waals surface area contributed by atoms with Crippen LogP contribution in [0, 0.1) is 5.92 Å². The van der Waals surface area contributed by atoms with E-state index in [4.69, 9.17) is 5.11 Å². The standard InChI is InChI=1S/C17H20F2O3/c18-17(19)22-15-10-8-14(9-11-15)13-6-4-12(5-7-13)2-1-3-16(20)21/h1-2,8-13,17H,3-7H2,(H,20,21)/t12-,13-. The monoisotopic (exact) mass is 310 g/mol. The zero-order chi connectivity index (χ0) is 15.9. The van der Waals surface area contributed by atoms with E-state index in [1.807, 2.05) is 18.2 Å². The average molecular weight is 310 g/mol. The minimum atomic E-state index is -2.79. The second-order valence-corrected chi connectivity index (χ2v) is 5.59. The molecule has 0 spiro atoms. The second kappa shape index (κ2) is 7.92. The van der Waals surface area contributed by atoms with Crippen molar-refractivity contribution in [3.8, 4) is 5.75 Å². The Morgan fingerprint density at radius 1 is 1.23 bits per heavy atom. The van der Waals surface area contributed by atoms with E-state index in [0.717, 1.165) is 31.2 Å². The summed E-state index contributed by atoms with van der Waals surface area (Å²) in [6.45, 7) is -2.79. The quantitative estimate of drug-likeness (QED) is 0.782. The summed E-state index contributed by atoms with van der Waals surface area (Å²) in [5, 5.41) is 8.60. The minimum Gasteiger partial charge on any atom is -0.481 e. The van der Waals surface area contributed by atoms with Crippen molar-refractivity contribution >= 4 is 5.97 Å². The van der Waals surface area contributed by atoms with Crippen LogP contribution in [0.4, 0.5) is 8.78 Å². The molecule has 1 aromatic carbocycles. The molecule has 1 aliphatic carbocycles. The van der Waals surface area contributed by atoms with Crippen LogP contribution in [-0.2, 0) is 4.79 Å². The van der Waals surface area contributed by atoms with Crippen LogP contribution in [0.2, 0.25) is 0 Å². The maximum Gasteiger partial charge on any atom is 0.387 e. The molecule has 0 aliphatic heterocycles. The molecule has 0 bridgehead atoms. The molecule has 1 fully saturated rings. The molecule has 0 unspecified atom stereocenters. The van der Waals surface area contributed by atoms with Gasteiger partial charge in [0.1, 0.15) is 5.75 Å². The molecule has 0 radical (unpaired) electrons. The summed E-state index contributed by atoms with van der Waals surface area (Å²) in [5.74, 6) is 0.252. The number of benzene rings is 1. The number of alkyl halides is 2. The SMILES string of the molecule is O=C(O)CC=C[C@H]1CC[C@H](c2ccc(OC(F)F)cc2)CC1. The Labute approximate surface area is 128 Å². The van der Waals surface area contributed by atoms with Crippen molar-refractivity contribution in [1.29, 1.82) is 0 Å². The fourth-order valence-electron chi connectivity index (χ4n) is 2.93. The molecule has 3 nitrogen and oxygen atoms in total. The van der Waals surface area contributed by atoms with Gasteiger partial charge in [-0.3, -0.25) is 4.79 Å². The molecular weight excluding hydrogens is 290 g/mol. The topological polar surface area (TPSA) is 46.5 Å². The predicted octanol–water partition coefficient (Wildman–Crippen LogP) is 4.59. The van der Waals surface area contributed by atoms with Gasteiger partial charge < -0.3 is 9.84 Å². The van der Waals surface area contributed by atoms with Crippen molar-refractivity contribution in [1.82, 2.24) is 0 Å². The van der Waals surface area contributed by atoms with Crippen LogP contribution >= 0.6 is 0 Å². The Bertz CT molecular complexity index is 503. The van der Waals surface area contributed by atoms with Crippen molar-refractivity contribution in [2.75, 3.05) is 0 Å². The molecule has 0 heterocycles. The summed E-state index contributed by atoms with van der Waals surface area (Å²) < 4.78 is 28.6. The predicted molar refractivity (Wildman–Crippen MR) is 79.2 cm³/mol. The van der Waals surface area contributed by atoms with Gasteiger partial charge >= 0.3 is 12.6 Å². The lowest BCUT2D eigenvalue weighted by Crippen LogP contribution is -2.12. The summed E-state index contributed by atoms with van der Waals surface area (Å²) in [5.41, 5.74) is 1.15. The van der Waals surface area contributed by atoms with E-state index in [2.05, 4.69) is 4.74 Å². The van der Waals surface area contributed by atoms with Gasteiger partial charge in [0, 0.05) is 0 Å². The van der Waals surface area contributed by atoms with Gasteiger partial charge in [0.25, 0.3) is 0 Å². The van der Waals surface area contributed by atoms with E-state index < -0.39 is 12.6 Å². The molecule has 0 aromatic heterocycles. The molecular formula is C17H20F2O3. The first-order valence-corrected chi connectivity index (χ1v) is 7.48. The van der Waals surface area contributed by atoms with Gasteiger partial charge in [0.2, 0.25) is 0 Å². The van der Waals surface area contributed by atoms with E-state index in [1.165, 1.54) is 0 Å². The zero-order valence-corrected chi connectivity index (χ0v) is 12.3. The maximum absolute atomic E-state index is 12.1. The van der Waals surface area contributed by atoms with Crippen molar-refractivity contribution in [3.63, 3.8) is 0 Å². The van der Waals surface area contributed by atoms with E-state index in [-0.39, 0.29) is 12.2 Å². The number of aliphatic carboxylic acids is 1. The molecule has 1 N–H and O–H groups in total. The van der Waals surface area contributed by atoms with Crippen molar-refractivity contribution in [2.45, 2.75) is 44.6 Å². The summed E-state index contributed by atoms with van der Waals surface area (Å²) in [6, 6.07) is 6.87. The third kappa shape index (κ3) is 5.13. The van der Waals surface area contributed by atoms with Crippen LogP contribution in [0.25, 0.3) is 0 Å². The lowest BCUT2D eigenvalue weighted by Gasteiger charge is -2.27. The number of allylic oxidation sites excluding steroid dienone is 1. The summed E-state index contributed by atoms with van der Waals surface area (Å²) in [7, 11) is 0. The van der Waals surface area contributed by atoms with E-state index in [0.29, 0.717) is 11.8 Å². The van der Waals surface area contributed by atoms with E-state index in [9.17, 15) is 13.6 Å². The molecule has 0 saturated heterocycles. The third-order valence-electron chi connectivity index (χ3n) is 4.05. The maximum atomic E-state index is 12.1. The molecule has 1 saturated carbocycles. The third-order valence-corrected chi connectivity index (χ3v) is 4.05. The van der Waals surface area contributed by atoms with Crippen molar-refractivity contribution < 1.29 is 23.4 Å². The lowest BCUT2D eigenvalue weighted by atomic mass is 9.78. The van der Waals surface area contributed by atoms with Gasteiger partial charge in [-0.15, -0.1) is 0 Å². The van der Waals surface area contributed by atoms with Gasteiger partial charge in [-0.05, 0) is 55.2 Å². The first-order chi connectivity index (χ1) is 10.5. The van der Waals surface area contributed by atoms with Crippen LogP contribution < -0.4 is 4.74 Å². The molecule has 0 amide bonds. The summed E-state index contributed by atoms with van der Waals surface area (Å²) in [4.78, 5) is 10.5. The zero-order valence-electron chi connectivity index (χ0n) is 12.3. The molecule has 1 aromatic rings. The van der Waals surface area contributed by atoms with Gasteiger partial charge in [-0.2, -0.15) is 8.78 Å². The van der Waals surface area contributed by atoms with Crippen LogP contribution in [0.1, 0.15) is 43.6 Å². The Morgan fingerprint density at radius 3 is 2.41 bits per heavy atom. The van der Waals surface area contributed by atoms with Gasteiger partial charge in [-0.25, -0.2) is 0 Å². The van der Waals surface area contributed by atoms with Crippen molar-refractivity contribution in [2.24, 2.45) is 5.92 Å². The number of carbonyl (C=O) groups is 1. The highest BCUT2D eigenvalue weighted by Gasteiger charge is 2.21. The molecule has 22 heavy (non-hydrogen) atoms. The number of rotatable bonds is 6. The van der Waals surface area contributed by atoms with Crippen molar-refractivity contribution in [3.05, 3.63) is 42.0 Å². The highest BCUT2D eigenvalue weighted by atomic mass is 19.3. The number of ether oxygens (including phenoxy) is 1. The highest BCUT2D eigenvalue weighted by molar-refractivity contribution is 5.68. The molecule has 0 atom stereocenters. The largest absolute Gasteiger partial charge is 0.481 e. The average Bonchev–Trinajstić information content (AvgIpc) is 2.48. The van der Waals surface area contributed by atoms with E-state index >= 15 is 0 Å². The fraction of sp³-hybridized carbons (Fsp3) is 0.471. The Hall–Kier alpha value is -1.91. The van der Waals surface area contributed by atoms with Crippen LogP contribution in [0.3, 0.4) is 0 Å². The summed E-state index contributed by atoms with van der Waals surface area (Å²) in [6.07, 6.45) is 7.90. The van der Waals surface area contributed by atoms with E-state index in [1.54, 1.807) is 18.2 Å². The number of halogens is 2. The smallest absolute Gasteiger partial charge is 0.387 e. The number of carboxylic acids is 1. The fourth-order valence-corrected chi connectivity index (χ4v) is 2.93. The van der Waals surface area contributed by atoms with Crippen LogP contribution in [0.5, 0.6) is 5.75 Å². The molecule has 1 aliphatic rings. The van der Waals surface area contributed by atoms with Crippen LogP contribution in [-0.4, -0.2) is 17.7 Å².